The summed E-state index contributed by atoms with van der Waals surface area (Å²) in [5.41, 5.74) is 1.88. The van der Waals surface area contributed by atoms with E-state index in [9.17, 15) is 9.59 Å². The summed E-state index contributed by atoms with van der Waals surface area (Å²) in [6.07, 6.45) is 2.09. The number of alkyl carbamates (subject to hydrolysis) is 1. The van der Waals surface area contributed by atoms with Crippen LogP contribution in [-0.2, 0) is 29.0 Å². The Hall–Kier alpha value is -2.18. The third-order valence-corrected chi connectivity index (χ3v) is 3.58. The summed E-state index contributed by atoms with van der Waals surface area (Å²) in [4.78, 5) is 33.9. The number of hydrogen-bond acceptors (Lipinski definition) is 5. The van der Waals surface area contributed by atoms with Crippen LogP contribution >= 0.6 is 0 Å². The molecule has 3 heterocycles. The standard InChI is InChI=1S/C14H18N4O3/c1-8(2)3-12-15-4-9-5-18(6-10(9)16-12)13(19)11-7-21-14(20)17-11/h4,8,11H,3,5-7H2,1-2H3,(H,17,20)/t11-/m1/s1. The van der Waals surface area contributed by atoms with E-state index >= 15 is 0 Å². The topological polar surface area (TPSA) is 84.4 Å². The normalized spacial score (nSPS) is 20.4. The van der Waals surface area contributed by atoms with Gasteiger partial charge in [0.1, 0.15) is 18.5 Å². The van der Waals surface area contributed by atoms with Crippen molar-refractivity contribution in [1.29, 1.82) is 0 Å². The predicted octanol–water partition coefficient (Wildman–Crippen LogP) is 0.626. The average Bonchev–Trinajstić information content (AvgIpc) is 3.02. The van der Waals surface area contributed by atoms with Gasteiger partial charge in [0.25, 0.3) is 0 Å². The molecule has 2 amide bonds. The molecule has 0 saturated carbocycles. The number of carbonyl (C=O) groups is 2. The van der Waals surface area contributed by atoms with Gasteiger partial charge in [-0.25, -0.2) is 14.8 Å². The fraction of sp³-hybridized carbons (Fsp3) is 0.571. The van der Waals surface area contributed by atoms with Crippen molar-refractivity contribution in [3.63, 3.8) is 0 Å². The Morgan fingerprint density at radius 3 is 3.00 bits per heavy atom. The van der Waals surface area contributed by atoms with Gasteiger partial charge in [-0.1, -0.05) is 13.8 Å². The molecule has 0 radical (unpaired) electrons. The number of amides is 2. The van der Waals surface area contributed by atoms with E-state index in [1.54, 1.807) is 11.1 Å². The fourth-order valence-corrected chi connectivity index (χ4v) is 2.55. The van der Waals surface area contributed by atoms with Gasteiger partial charge in [0.2, 0.25) is 5.91 Å². The highest BCUT2D eigenvalue weighted by Crippen LogP contribution is 2.22. The van der Waals surface area contributed by atoms with E-state index in [1.165, 1.54) is 0 Å². The largest absolute Gasteiger partial charge is 0.447 e. The Labute approximate surface area is 122 Å². The Kier molecular flexibility index (Phi) is 3.48. The van der Waals surface area contributed by atoms with Gasteiger partial charge >= 0.3 is 6.09 Å². The number of nitrogens with zero attached hydrogens (tertiary/aromatic N) is 3. The summed E-state index contributed by atoms with van der Waals surface area (Å²) in [5.74, 6) is 1.17. The lowest BCUT2D eigenvalue weighted by molar-refractivity contribution is -0.133. The maximum atomic E-state index is 12.3. The van der Waals surface area contributed by atoms with Crippen LogP contribution in [0.2, 0.25) is 0 Å². The second-order valence-corrected chi connectivity index (χ2v) is 5.85. The Bertz CT molecular complexity index is 588. The molecule has 112 valence electrons. The first kappa shape index (κ1) is 13.8. The average molecular weight is 290 g/mol. The molecule has 7 heteroatoms. The zero-order chi connectivity index (χ0) is 15.0. The number of aromatic nitrogens is 2. The number of hydrogen-bond donors (Lipinski definition) is 1. The zero-order valence-electron chi connectivity index (χ0n) is 12.1. The van der Waals surface area contributed by atoms with Crippen LogP contribution in [0.5, 0.6) is 0 Å². The van der Waals surface area contributed by atoms with E-state index in [1.807, 2.05) is 0 Å². The van der Waals surface area contributed by atoms with Crippen molar-refractivity contribution in [3.05, 3.63) is 23.3 Å². The SMILES string of the molecule is CC(C)Cc1ncc2c(n1)CN(C(=O)[C@H]1COC(=O)N1)C2. The molecule has 1 aromatic heterocycles. The summed E-state index contributed by atoms with van der Waals surface area (Å²) in [5, 5.41) is 2.51. The molecule has 21 heavy (non-hydrogen) atoms. The fourth-order valence-electron chi connectivity index (χ4n) is 2.55. The molecule has 0 aliphatic carbocycles. The number of ether oxygens (including phenoxy) is 1. The molecule has 1 aromatic rings. The first-order chi connectivity index (χ1) is 10.0. The lowest BCUT2D eigenvalue weighted by Crippen LogP contribution is -2.43. The van der Waals surface area contributed by atoms with Gasteiger partial charge in [-0.15, -0.1) is 0 Å². The lowest BCUT2D eigenvalue weighted by Gasteiger charge is -2.17. The molecule has 0 aromatic carbocycles. The maximum Gasteiger partial charge on any atom is 0.407 e. The number of nitrogens with one attached hydrogen (secondary N) is 1. The Balaban J connectivity index is 1.69. The maximum absolute atomic E-state index is 12.3. The third kappa shape index (κ3) is 2.81. The highest BCUT2D eigenvalue weighted by molar-refractivity contribution is 5.88. The third-order valence-electron chi connectivity index (χ3n) is 3.58. The molecule has 1 saturated heterocycles. The molecular weight excluding hydrogens is 272 g/mol. The van der Waals surface area contributed by atoms with Gasteiger partial charge in [-0.2, -0.15) is 0 Å². The van der Waals surface area contributed by atoms with E-state index < -0.39 is 12.1 Å². The Morgan fingerprint density at radius 1 is 1.52 bits per heavy atom. The van der Waals surface area contributed by atoms with Gasteiger partial charge in [0.05, 0.1) is 12.2 Å². The Morgan fingerprint density at radius 2 is 2.33 bits per heavy atom. The molecule has 2 aliphatic heterocycles. The monoisotopic (exact) mass is 290 g/mol. The van der Waals surface area contributed by atoms with Crippen LogP contribution < -0.4 is 5.32 Å². The van der Waals surface area contributed by atoms with Crippen molar-refractivity contribution in [2.75, 3.05) is 6.61 Å². The molecule has 0 unspecified atom stereocenters. The predicted molar refractivity (Wildman–Crippen MR) is 73.1 cm³/mol. The van der Waals surface area contributed by atoms with Gasteiger partial charge in [0.15, 0.2) is 0 Å². The minimum absolute atomic E-state index is 0.0921. The second kappa shape index (κ2) is 5.31. The van der Waals surface area contributed by atoms with Crippen LogP contribution in [0.25, 0.3) is 0 Å². The van der Waals surface area contributed by atoms with E-state index in [-0.39, 0.29) is 12.5 Å². The summed E-state index contributed by atoms with van der Waals surface area (Å²) in [6.45, 7) is 5.29. The van der Waals surface area contributed by atoms with Gasteiger partial charge in [-0.05, 0) is 5.92 Å². The first-order valence-corrected chi connectivity index (χ1v) is 7.08. The molecule has 0 spiro atoms. The lowest BCUT2D eigenvalue weighted by atomic mass is 10.1. The van der Waals surface area contributed by atoms with Crippen molar-refractivity contribution in [3.8, 4) is 0 Å². The van der Waals surface area contributed by atoms with Gasteiger partial charge in [-0.3, -0.25) is 4.79 Å². The first-order valence-electron chi connectivity index (χ1n) is 7.08. The van der Waals surface area contributed by atoms with E-state index in [0.717, 1.165) is 23.5 Å². The minimum Gasteiger partial charge on any atom is -0.447 e. The second-order valence-electron chi connectivity index (χ2n) is 5.85. The molecule has 0 bridgehead atoms. The smallest absolute Gasteiger partial charge is 0.407 e. The number of fused-ring (bicyclic) bond motifs is 1. The van der Waals surface area contributed by atoms with Crippen molar-refractivity contribution < 1.29 is 14.3 Å². The quantitative estimate of drug-likeness (QED) is 0.882. The van der Waals surface area contributed by atoms with Crippen LogP contribution in [0.4, 0.5) is 4.79 Å². The van der Waals surface area contributed by atoms with Crippen molar-refractivity contribution in [2.45, 2.75) is 39.4 Å². The minimum atomic E-state index is -0.588. The van der Waals surface area contributed by atoms with Crippen LogP contribution in [-0.4, -0.2) is 39.5 Å². The van der Waals surface area contributed by atoms with Crippen molar-refractivity contribution in [2.24, 2.45) is 5.92 Å². The number of carbonyl (C=O) groups excluding carboxylic acids is 2. The molecule has 1 N–H and O–H groups in total. The number of cyclic esters (lactones) is 1. The van der Waals surface area contributed by atoms with Crippen LogP contribution in [0.15, 0.2) is 6.20 Å². The van der Waals surface area contributed by atoms with Crippen LogP contribution in [0.3, 0.4) is 0 Å². The highest BCUT2D eigenvalue weighted by Gasteiger charge is 2.35. The molecular formula is C14H18N4O3. The molecule has 3 rings (SSSR count). The summed E-state index contributed by atoms with van der Waals surface area (Å²) >= 11 is 0. The van der Waals surface area contributed by atoms with E-state index in [4.69, 9.17) is 4.74 Å². The van der Waals surface area contributed by atoms with Gasteiger partial charge in [0, 0.05) is 24.7 Å². The van der Waals surface area contributed by atoms with E-state index in [2.05, 4.69) is 29.1 Å². The molecule has 1 fully saturated rings. The summed E-state index contributed by atoms with van der Waals surface area (Å²) in [6, 6.07) is -0.588. The van der Waals surface area contributed by atoms with Crippen LogP contribution in [0.1, 0.15) is 30.9 Å². The zero-order valence-corrected chi connectivity index (χ0v) is 12.1. The summed E-state index contributed by atoms with van der Waals surface area (Å²) in [7, 11) is 0. The van der Waals surface area contributed by atoms with Gasteiger partial charge < -0.3 is 15.0 Å². The van der Waals surface area contributed by atoms with E-state index in [0.29, 0.717) is 19.0 Å². The van der Waals surface area contributed by atoms with Crippen molar-refractivity contribution in [1.82, 2.24) is 20.2 Å². The summed E-state index contributed by atoms with van der Waals surface area (Å²) < 4.78 is 4.76. The highest BCUT2D eigenvalue weighted by atomic mass is 16.6. The number of rotatable bonds is 3. The molecule has 1 atom stereocenters. The van der Waals surface area contributed by atoms with Crippen LogP contribution in [0, 0.1) is 5.92 Å². The molecule has 2 aliphatic rings. The van der Waals surface area contributed by atoms with Crippen molar-refractivity contribution >= 4 is 12.0 Å². The molecule has 7 nitrogen and oxygen atoms in total.